The average molecular weight is 345 g/mol. The molecular weight excluding hydrogens is 322 g/mol. The molecule has 0 saturated heterocycles. The van der Waals surface area contributed by atoms with Crippen molar-refractivity contribution in [3.8, 4) is 0 Å². The van der Waals surface area contributed by atoms with Gasteiger partial charge in [0, 0.05) is 12.2 Å². The Balaban J connectivity index is 1.95. The van der Waals surface area contributed by atoms with E-state index in [2.05, 4.69) is 10.6 Å². The molecule has 0 fully saturated rings. The van der Waals surface area contributed by atoms with Gasteiger partial charge >= 0.3 is 11.8 Å². The maximum Gasteiger partial charge on any atom is 0.313 e. The summed E-state index contributed by atoms with van der Waals surface area (Å²) in [5, 5.41) is 9.46. The van der Waals surface area contributed by atoms with Crippen LogP contribution in [-0.4, -0.2) is 37.4 Å². The highest BCUT2D eigenvalue weighted by Crippen LogP contribution is 2.20. The van der Waals surface area contributed by atoms with Crippen LogP contribution in [0.3, 0.4) is 0 Å². The normalized spacial score (nSPS) is 12.0. The van der Waals surface area contributed by atoms with Crippen molar-refractivity contribution in [1.29, 1.82) is 0 Å². The molecule has 0 saturated carbocycles. The molecule has 24 heavy (non-hydrogen) atoms. The lowest BCUT2D eigenvalue weighted by Gasteiger charge is -2.23. The van der Waals surface area contributed by atoms with Gasteiger partial charge in [0.25, 0.3) is 0 Å². The zero-order valence-corrected chi connectivity index (χ0v) is 15.0. The molecule has 0 bridgehead atoms. The van der Waals surface area contributed by atoms with Crippen molar-refractivity contribution in [3.63, 3.8) is 0 Å². The Bertz CT molecular complexity index is 683. The molecule has 1 aromatic heterocycles. The lowest BCUT2D eigenvalue weighted by molar-refractivity contribution is -0.136. The van der Waals surface area contributed by atoms with Gasteiger partial charge in [0.2, 0.25) is 0 Å². The molecule has 1 heterocycles. The van der Waals surface area contributed by atoms with Gasteiger partial charge in [-0.05, 0) is 54.5 Å². The van der Waals surface area contributed by atoms with Crippen molar-refractivity contribution in [3.05, 3.63) is 52.2 Å². The first-order valence-electron chi connectivity index (χ1n) is 7.88. The molecule has 2 aromatic rings. The number of nitrogens with zero attached hydrogens (tertiary/aromatic N) is 1. The molecule has 1 atom stereocenters. The quantitative estimate of drug-likeness (QED) is 0.791. The smallest absolute Gasteiger partial charge is 0.313 e. The summed E-state index contributed by atoms with van der Waals surface area (Å²) in [4.78, 5) is 26.2. The third-order valence-electron chi connectivity index (χ3n) is 3.86. The minimum absolute atomic E-state index is 0.0379. The molecule has 0 aliphatic heterocycles. The topological polar surface area (TPSA) is 61.4 Å². The largest absolute Gasteiger partial charge is 0.346 e. The van der Waals surface area contributed by atoms with Crippen LogP contribution in [0.25, 0.3) is 0 Å². The fraction of sp³-hybridized carbons (Fsp3) is 0.333. The number of nitrogens with one attached hydrogen (secondary N) is 2. The number of carbonyl (C=O) groups excluding carboxylic acids is 2. The van der Waals surface area contributed by atoms with E-state index in [4.69, 9.17) is 0 Å². The van der Waals surface area contributed by atoms with Gasteiger partial charge in [-0.3, -0.25) is 9.59 Å². The van der Waals surface area contributed by atoms with E-state index in [9.17, 15) is 9.59 Å². The fourth-order valence-corrected chi connectivity index (χ4v) is 3.17. The van der Waals surface area contributed by atoms with Gasteiger partial charge in [0.1, 0.15) is 0 Å². The number of likely N-dealkylation sites (N-methyl/N-ethyl adjacent to an activating group) is 1. The fourth-order valence-electron chi connectivity index (χ4n) is 2.46. The lowest BCUT2D eigenvalue weighted by Crippen LogP contribution is -2.40. The van der Waals surface area contributed by atoms with Crippen molar-refractivity contribution in [2.45, 2.75) is 19.4 Å². The molecule has 5 nitrogen and oxygen atoms in total. The maximum absolute atomic E-state index is 12.1. The van der Waals surface area contributed by atoms with E-state index in [1.54, 1.807) is 17.4 Å². The molecular formula is C18H23N3O2S. The van der Waals surface area contributed by atoms with Gasteiger partial charge in [-0.25, -0.2) is 0 Å². The highest BCUT2D eigenvalue weighted by molar-refractivity contribution is 7.07. The standard InChI is InChI=1S/C18H23N3O2S/c1-4-13-7-5-6-8-15(13)20-18(23)17(22)19-11-16(21(2)3)14-9-10-24-12-14/h5-10,12,16H,4,11H2,1-3H3,(H,19,22)(H,20,23). The Hall–Kier alpha value is -2.18. The van der Waals surface area contributed by atoms with Crippen LogP contribution in [0.15, 0.2) is 41.1 Å². The number of anilines is 1. The number of rotatable bonds is 6. The molecule has 0 spiro atoms. The van der Waals surface area contributed by atoms with E-state index < -0.39 is 11.8 Å². The van der Waals surface area contributed by atoms with Gasteiger partial charge < -0.3 is 15.5 Å². The number of carbonyl (C=O) groups is 2. The summed E-state index contributed by atoms with van der Waals surface area (Å²) in [6.45, 7) is 2.39. The van der Waals surface area contributed by atoms with E-state index in [0.29, 0.717) is 12.2 Å². The van der Waals surface area contributed by atoms with Crippen LogP contribution in [0.2, 0.25) is 0 Å². The number of aryl methyl sites for hydroxylation is 1. The summed E-state index contributed by atoms with van der Waals surface area (Å²) in [6, 6.07) is 9.56. The summed E-state index contributed by atoms with van der Waals surface area (Å²) in [7, 11) is 3.90. The Kier molecular flexibility index (Phi) is 6.52. The van der Waals surface area contributed by atoms with Crippen molar-refractivity contribution < 1.29 is 9.59 Å². The summed E-state index contributed by atoms with van der Waals surface area (Å²) in [5.41, 5.74) is 2.81. The van der Waals surface area contributed by atoms with Crippen LogP contribution < -0.4 is 10.6 Å². The van der Waals surface area contributed by atoms with E-state index in [-0.39, 0.29) is 6.04 Å². The Morgan fingerprint density at radius 3 is 2.54 bits per heavy atom. The Morgan fingerprint density at radius 2 is 1.92 bits per heavy atom. The number of hydrogen-bond donors (Lipinski definition) is 2. The Labute approximate surface area is 146 Å². The molecule has 6 heteroatoms. The zero-order chi connectivity index (χ0) is 17.5. The van der Waals surface area contributed by atoms with E-state index in [1.807, 2.05) is 60.9 Å². The molecule has 1 unspecified atom stereocenters. The van der Waals surface area contributed by atoms with E-state index in [0.717, 1.165) is 17.5 Å². The highest BCUT2D eigenvalue weighted by Gasteiger charge is 2.19. The van der Waals surface area contributed by atoms with Gasteiger partial charge in [-0.15, -0.1) is 0 Å². The molecule has 2 amide bonds. The van der Waals surface area contributed by atoms with Crippen LogP contribution >= 0.6 is 11.3 Å². The first-order valence-corrected chi connectivity index (χ1v) is 8.82. The molecule has 0 aliphatic rings. The number of thiophene rings is 1. The molecule has 128 valence electrons. The molecule has 1 aromatic carbocycles. The van der Waals surface area contributed by atoms with Crippen molar-refractivity contribution >= 4 is 28.8 Å². The van der Waals surface area contributed by atoms with Crippen LogP contribution in [0.4, 0.5) is 5.69 Å². The second kappa shape index (κ2) is 8.61. The first kappa shape index (κ1) is 18.2. The monoisotopic (exact) mass is 345 g/mol. The van der Waals surface area contributed by atoms with Crippen molar-refractivity contribution in [1.82, 2.24) is 10.2 Å². The van der Waals surface area contributed by atoms with Crippen molar-refractivity contribution in [2.75, 3.05) is 26.0 Å². The van der Waals surface area contributed by atoms with Gasteiger partial charge in [-0.1, -0.05) is 25.1 Å². The van der Waals surface area contributed by atoms with Gasteiger partial charge in [0.15, 0.2) is 0 Å². The van der Waals surface area contributed by atoms with Gasteiger partial charge in [0.05, 0.1) is 6.04 Å². The molecule has 2 N–H and O–H groups in total. The Morgan fingerprint density at radius 1 is 1.17 bits per heavy atom. The molecule has 0 aliphatic carbocycles. The summed E-state index contributed by atoms with van der Waals surface area (Å²) in [6.07, 6.45) is 0.791. The minimum Gasteiger partial charge on any atom is -0.346 e. The maximum atomic E-state index is 12.1. The second-order valence-corrected chi connectivity index (χ2v) is 6.49. The number of amides is 2. The number of benzene rings is 1. The van der Waals surface area contributed by atoms with Crippen molar-refractivity contribution in [2.24, 2.45) is 0 Å². The zero-order valence-electron chi connectivity index (χ0n) is 14.2. The predicted molar refractivity (Wildman–Crippen MR) is 98.2 cm³/mol. The third kappa shape index (κ3) is 4.66. The second-order valence-electron chi connectivity index (χ2n) is 5.71. The van der Waals surface area contributed by atoms with Crippen LogP contribution in [0, 0.1) is 0 Å². The SMILES string of the molecule is CCc1ccccc1NC(=O)C(=O)NCC(c1ccsc1)N(C)C. The summed E-state index contributed by atoms with van der Waals surface area (Å²) in [5.74, 6) is -1.26. The number of para-hydroxylation sites is 1. The average Bonchev–Trinajstić information content (AvgIpc) is 3.09. The van der Waals surface area contributed by atoms with Crippen LogP contribution in [0.1, 0.15) is 24.1 Å². The third-order valence-corrected chi connectivity index (χ3v) is 4.56. The minimum atomic E-state index is -0.640. The van der Waals surface area contributed by atoms with E-state index >= 15 is 0 Å². The number of hydrogen-bond acceptors (Lipinski definition) is 4. The van der Waals surface area contributed by atoms with Crippen LogP contribution in [-0.2, 0) is 16.0 Å². The molecule has 0 radical (unpaired) electrons. The van der Waals surface area contributed by atoms with Gasteiger partial charge in [-0.2, -0.15) is 11.3 Å². The summed E-state index contributed by atoms with van der Waals surface area (Å²) < 4.78 is 0. The molecule has 2 rings (SSSR count). The lowest BCUT2D eigenvalue weighted by atomic mass is 10.1. The van der Waals surface area contributed by atoms with E-state index in [1.165, 1.54) is 0 Å². The summed E-state index contributed by atoms with van der Waals surface area (Å²) >= 11 is 1.61. The van der Waals surface area contributed by atoms with Crippen LogP contribution in [0.5, 0.6) is 0 Å². The highest BCUT2D eigenvalue weighted by atomic mass is 32.1. The first-order chi connectivity index (χ1) is 11.5. The predicted octanol–water partition coefficient (Wildman–Crippen LogP) is 2.67.